The Kier molecular flexibility index (Phi) is 3.45. The number of aromatic nitrogens is 1. The summed E-state index contributed by atoms with van der Waals surface area (Å²) in [4.78, 5) is 11.2. The van der Waals surface area contributed by atoms with E-state index in [1.807, 2.05) is 48.1 Å². The lowest BCUT2D eigenvalue weighted by atomic mass is 10.3. The molecule has 0 spiro atoms. The second-order valence-corrected chi connectivity index (χ2v) is 3.50. The number of carbonyl (C=O) groups is 1. The lowest BCUT2D eigenvalue weighted by Gasteiger charge is -2.06. The third-order valence-corrected chi connectivity index (χ3v) is 2.27. The number of rotatable bonds is 3. The molecule has 1 amide bonds. The van der Waals surface area contributed by atoms with E-state index in [2.05, 4.69) is 5.32 Å². The highest BCUT2D eigenvalue weighted by Crippen LogP contribution is 2.15. The summed E-state index contributed by atoms with van der Waals surface area (Å²) in [7, 11) is 0. The van der Waals surface area contributed by atoms with Crippen LogP contribution in [0, 0.1) is 0 Å². The van der Waals surface area contributed by atoms with Crippen LogP contribution in [0.2, 0.25) is 0 Å². The quantitative estimate of drug-likeness (QED) is 0.880. The molecule has 1 aromatic carbocycles. The average molecular weight is 230 g/mol. The van der Waals surface area contributed by atoms with Crippen molar-refractivity contribution >= 4 is 6.09 Å². The van der Waals surface area contributed by atoms with E-state index in [1.165, 1.54) is 0 Å². The van der Waals surface area contributed by atoms with Crippen molar-refractivity contribution in [1.82, 2.24) is 9.88 Å². The van der Waals surface area contributed by atoms with Gasteiger partial charge in [-0.15, -0.1) is 0 Å². The van der Waals surface area contributed by atoms with Crippen molar-refractivity contribution in [3.05, 3.63) is 48.8 Å². The van der Waals surface area contributed by atoms with Crippen LogP contribution < -0.4 is 10.1 Å². The summed E-state index contributed by atoms with van der Waals surface area (Å²) in [5.41, 5.74) is 1.03. The fourth-order valence-electron chi connectivity index (χ4n) is 1.48. The molecule has 4 heteroatoms. The van der Waals surface area contributed by atoms with Gasteiger partial charge in [-0.3, -0.25) is 0 Å². The van der Waals surface area contributed by atoms with E-state index in [1.54, 1.807) is 12.1 Å². The number of benzene rings is 1. The van der Waals surface area contributed by atoms with Gasteiger partial charge in [-0.1, -0.05) is 0 Å². The zero-order valence-corrected chi connectivity index (χ0v) is 9.59. The number of ether oxygens (including phenoxy) is 1. The summed E-state index contributed by atoms with van der Waals surface area (Å²) in [6.07, 6.45) is 3.49. The monoisotopic (exact) mass is 230 g/mol. The molecule has 2 rings (SSSR count). The van der Waals surface area contributed by atoms with Gasteiger partial charge in [-0.05, 0) is 43.3 Å². The number of nitrogens with one attached hydrogen (secondary N) is 1. The Morgan fingerprint density at radius 1 is 1.24 bits per heavy atom. The first-order valence-corrected chi connectivity index (χ1v) is 5.48. The molecule has 0 saturated heterocycles. The minimum atomic E-state index is -0.429. The Morgan fingerprint density at radius 2 is 1.88 bits per heavy atom. The molecule has 88 valence electrons. The van der Waals surface area contributed by atoms with Gasteiger partial charge in [0, 0.05) is 24.6 Å². The van der Waals surface area contributed by atoms with Gasteiger partial charge in [0.25, 0.3) is 0 Å². The first-order chi connectivity index (χ1) is 8.29. The van der Waals surface area contributed by atoms with Crippen LogP contribution in [0.15, 0.2) is 48.8 Å². The Hall–Kier alpha value is -2.23. The second kappa shape index (κ2) is 5.21. The van der Waals surface area contributed by atoms with E-state index in [4.69, 9.17) is 4.74 Å². The first-order valence-electron chi connectivity index (χ1n) is 5.48. The van der Waals surface area contributed by atoms with E-state index in [9.17, 15) is 4.79 Å². The van der Waals surface area contributed by atoms with Crippen LogP contribution in [-0.2, 0) is 0 Å². The van der Waals surface area contributed by atoms with Gasteiger partial charge in [-0.25, -0.2) is 4.79 Å². The Morgan fingerprint density at radius 3 is 2.47 bits per heavy atom. The van der Waals surface area contributed by atoms with Gasteiger partial charge in [-0.2, -0.15) is 0 Å². The van der Waals surface area contributed by atoms with Crippen molar-refractivity contribution in [2.45, 2.75) is 6.92 Å². The fourth-order valence-corrected chi connectivity index (χ4v) is 1.48. The summed E-state index contributed by atoms with van der Waals surface area (Å²) < 4.78 is 7.05. The molecule has 0 aliphatic carbocycles. The maximum absolute atomic E-state index is 11.2. The minimum Gasteiger partial charge on any atom is -0.410 e. The highest BCUT2D eigenvalue weighted by atomic mass is 16.5. The fraction of sp³-hybridized carbons (Fsp3) is 0.154. The largest absolute Gasteiger partial charge is 0.412 e. The maximum Gasteiger partial charge on any atom is 0.412 e. The van der Waals surface area contributed by atoms with Crippen molar-refractivity contribution in [2.24, 2.45) is 0 Å². The highest BCUT2D eigenvalue weighted by Gasteiger charge is 2.02. The Bertz CT molecular complexity index is 475. The Labute approximate surface area is 99.8 Å². The zero-order valence-electron chi connectivity index (χ0n) is 9.59. The molecule has 0 fully saturated rings. The van der Waals surface area contributed by atoms with E-state index in [0.717, 1.165) is 5.69 Å². The molecule has 1 aromatic heterocycles. The van der Waals surface area contributed by atoms with Crippen LogP contribution in [0.25, 0.3) is 5.69 Å². The van der Waals surface area contributed by atoms with Gasteiger partial charge < -0.3 is 14.6 Å². The van der Waals surface area contributed by atoms with Gasteiger partial charge in [0.1, 0.15) is 5.75 Å². The van der Waals surface area contributed by atoms with Crippen molar-refractivity contribution in [1.29, 1.82) is 0 Å². The van der Waals surface area contributed by atoms with Crippen LogP contribution in [0.4, 0.5) is 4.79 Å². The predicted octanol–water partition coefficient (Wildman–Crippen LogP) is 2.59. The third kappa shape index (κ3) is 2.87. The van der Waals surface area contributed by atoms with Crippen molar-refractivity contribution in [3.8, 4) is 11.4 Å². The lowest BCUT2D eigenvalue weighted by molar-refractivity contribution is 0.201. The zero-order chi connectivity index (χ0) is 12.1. The number of carbonyl (C=O) groups excluding carboxylic acids is 1. The van der Waals surface area contributed by atoms with E-state index >= 15 is 0 Å². The van der Waals surface area contributed by atoms with Gasteiger partial charge in [0.05, 0.1) is 0 Å². The number of amides is 1. The number of nitrogens with zero attached hydrogens (tertiary/aromatic N) is 1. The van der Waals surface area contributed by atoms with Gasteiger partial charge in [0.2, 0.25) is 0 Å². The molecule has 0 saturated carbocycles. The second-order valence-electron chi connectivity index (χ2n) is 3.50. The summed E-state index contributed by atoms with van der Waals surface area (Å²) in [5.74, 6) is 0.534. The molecule has 1 N–H and O–H groups in total. The van der Waals surface area contributed by atoms with Crippen LogP contribution in [-0.4, -0.2) is 17.2 Å². The molecule has 0 atom stereocenters. The van der Waals surface area contributed by atoms with Gasteiger partial charge in [0.15, 0.2) is 0 Å². The first kappa shape index (κ1) is 11.3. The van der Waals surface area contributed by atoms with E-state index < -0.39 is 6.09 Å². The maximum atomic E-state index is 11.2. The molecular formula is C13H14N2O2. The topological polar surface area (TPSA) is 43.3 Å². The molecule has 17 heavy (non-hydrogen) atoms. The van der Waals surface area contributed by atoms with Crippen LogP contribution in [0.5, 0.6) is 5.75 Å². The molecule has 0 aliphatic rings. The lowest BCUT2D eigenvalue weighted by Crippen LogP contribution is -2.26. The molecule has 0 bridgehead atoms. The third-order valence-electron chi connectivity index (χ3n) is 2.27. The standard InChI is InChI=1S/C13H14N2O2/c1-2-14-13(16)17-12-7-5-11(6-8-12)15-9-3-4-10-15/h3-10H,2H2,1H3,(H,14,16). The minimum absolute atomic E-state index is 0.429. The summed E-state index contributed by atoms with van der Waals surface area (Å²) in [5, 5.41) is 2.57. The number of hydrogen-bond donors (Lipinski definition) is 1. The Balaban J connectivity index is 2.06. The molecular weight excluding hydrogens is 216 g/mol. The highest BCUT2D eigenvalue weighted by molar-refractivity contribution is 5.70. The van der Waals surface area contributed by atoms with Crippen molar-refractivity contribution < 1.29 is 9.53 Å². The molecule has 2 aromatic rings. The molecule has 0 unspecified atom stereocenters. The number of hydrogen-bond acceptors (Lipinski definition) is 2. The molecule has 4 nitrogen and oxygen atoms in total. The van der Waals surface area contributed by atoms with Crippen LogP contribution >= 0.6 is 0 Å². The van der Waals surface area contributed by atoms with Crippen molar-refractivity contribution in [2.75, 3.05) is 6.54 Å². The molecule has 0 aliphatic heterocycles. The molecule has 0 radical (unpaired) electrons. The average Bonchev–Trinajstić information content (AvgIpc) is 2.84. The van der Waals surface area contributed by atoms with Gasteiger partial charge >= 0.3 is 6.09 Å². The van der Waals surface area contributed by atoms with Crippen molar-refractivity contribution in [3.63, 3.8) is 0 Å². The normalized spacial score (nSPS) is 9.94. The summed E-state index contributed by atoms with van der Waals surface area (Å²) in [6, 6.07) is 11.2. The van der Waals surface area contributed by atoms with Crippen LogP contribution in [0.1, 0.15) is 6.92 Å². The SMILES string of the molecule is CCNC(=O)Oc1ccc(-n2cccc2)cc1. The predicted molar refractivity (Wildman–Crippen MR) is 65.5 cm³/mol. The molecule has 1 heterocycles. The summed E-state index contributed by atoms with van der Waals surface area (Å²) >= 11 is 0. The summed E-state index contributed by atoms with van der Waals surface area (Å²) in [6.45, 7) is 2.40. The smallest absolute Gasteiger partial charge is 0.410 e. The van der Waals surface area contributed by atoms with E-state index in [-0.39, 0.29) is 0 Å². The van der Waals surface area contributed by atoms with E-state index in [0.29, 0.717) is 12.3 Å². The van der Waals surface area contributed by atoms with Crippen LogP contribution in [0.3, 0.4) is 0 Å².